The molecule has 116 valence electrons. The van der Waals surface area contributed by atoms with Gasteiger partial charge in [0.2, 0.25) is 10.0 Å². The minimum atomic E-state index is -3.28. The number of hydrogen-bond acceptors (Lipinski definition) is 3. The normalized spacial score (nSPS) is 26.7. The highest BCUT2D eigenvalue weighted by Crippen LogP contribution is 2.29. The van der Waals surface area contributed by atoms with Crippen molar-refractivity contribution in [1.82, 2.24) is 4.72 Å². The second-order valence-corrected chi connectivity index (χ2v) is 8.23. The van der Waals surface area contributed by atoms with Crippen molar-refractivity contribution >= 4 is 21.6 Å². The Bertz CT molecular complexity index is 601. The lowest BCUT2D eigenvalue weighted by Gasteiger charge is -2.31. The van der Waals surface area contributed by atoms with E-state index in [-0.39, 0.29) is 17.2 Å². The highest BCUT2D eigenvalue weighted by Gasteiger charge is 2.39. The molecule has 1 saturated carbocycles. The zero-order valence-corrected chi connectivity index (χ0v) is 13.4. The molecule has 0 bridgehead atoms. The average molecular weight is 330 g/mol. The van der Waals surface area contributed by atoms with Crippen molar-refractivity contribution < 1.29 is 13.2 Å². The zero-order valence-electron chi connectivity index (χ0n) is 11.8. The van der Waals surface area contributed by atoms with Crippen molar-refractivity contribution in [2.75, 3.05) is 13.2 Å². The molecule has 0 aromatic heterocycles. The highest BCUT2D eigenvalue weighted by molar-refractivity contribution is 7.90. The summed E-state index contributed by atoms with van der Waals surface area (Å²) in [4.78, 5) is 0. The van der Waals surface area contributed by atoms with Crippen LogP contribution >= 0.6 is 11.6 Å². The van der Waals surface area contributed by atoms with Gasteiger partial charge in [-0.3, -0.25) is 0 Å². The zero-order chi connectivity index (χ0) is 14.9. The van der Waals surface area contributed by atoms with Crippen LogP contribution in [0.2, 0.25) is 5.02 Å². The topological polar surface area (TPSA) is 55.4 Å². The molecule has 1 aliphatic heterocycles. The quantitative estimate of drug-likeness (QED) is 0.902. The van der Waals surface area contributed by atoms with Gasteiger partial charge in [-0.15, -0.1) is 0 Å². The third kappa shape index (κ3) is 3.77. The van der Waals surface area contributed by atoms with E-state index in [1.165, 1.54) is 0 Å². The first kappa shape index (κ1) is 15.3. The highest BCUT2D eigenvalue weighted by atomic mass is 35.5. The summed E-state index contributed by atoms with van der Waals surface area (Å²) in [6.07, 6.45) is 3.10. The summed E-state index contributed by atoms with van der Waals surface area (Å²) in [5, 5.41) is 0.303. The molecular weight excluding hydrogens is 310 g/mol. The van der Waals surface area contributed by atoms with E-state index < -0.39 is 10.0 Å². The molecule has 1 N–H and O–H groups in total. The van der Waals surface area contributed by atoms with E-state index in [9.17, 15) is 8.42 Å². The number of hydrogen-bond donors (Lipinski definition) is 1. The maximum atomic E-state index is 12.5. The minimum Gasteiger partial charge on any atom is -0.381 e. The standard InChI is InChI=1S/C15H20ClNO3S/c16-14-4-2-1-3-11(14)9-12-10-20-8-7-15(12)21(18,19)17-13-5-6-13/h1-4,12-13,15,17H,5-10H2. The summed E-state index contributed by atoms with van der Waals surface area (Å²) in [6.45, 7) is 0.983. The molecule has 1 aromatic rings. The molecule has 2 unspecified atom stereocenters. The van der Waals surface area contributed by atoms with Gasteiger partial charge in [0, 0.05) is 23.6 Å². The van der Waals surface area contributed by atoms with Crippen LogP contribution in [0.25, 0.3) is 0 Å². The average Bonchev–Trinajstić information content (AvgIpc) is 3.25. The third-order valence-electron chi connectivity index (χ3n) is 4.15. The summed E-state index contributed by atoms with van der Waals surface area (Å²) in [6, 6.07) is 7.75. The molecule has 1 heterocycles. The lowest BCUT2D eigenvalue weighted by atomic mass is 9.93. The van der Waals surface area contributed by atoms with Gasteiger partial charge in [-0.2, -0.15) is 0 Å². The van der Waals surface area contributed by atoms with Crippen molar-refractivity contribution in [3.63, 3.8) is 0 Å². The Kier molecular flexibility index (Phi) is 4.54. The first-order valence-electron chi connectivity index (χ1n) is 7.38. The van der Waals surface area contributed by atoms with E-state index >= 15 is 0 Å². The number of rotatable bonds is 5. The largest absolute Gasteiger partial charge is 0.381 e. The fourth-order valence-corrected chi connectivity index (χ4v) is 5.02. The van der Waals surface area contributed by atoms with Gasteiger partial charge in [0.25, 0.3) is 0 Å². The van der Waals surface area contributed by atoms with Crippen molar-refractivity contribution in [3.8, 4) is 0 Å². The maximum absolute atomic E-state index is 12.5. The summed E-state index contributed by atoms with van der Waals surface area (Å²) in [5.41, 5.74) is 0.987. The second kappa shape index (κ2) is 6.24. The first-order valence-corrected chi connectivity index (χ1v) is 9.31. The molecule has 0 spiro atoms. The van der Waals surface area contributed by atoms with Crippen molar-refractivity contribution in [2.45, 2.75) is 37.0 Å². The molecule has 2 aliphatic rings. The maximum Gasteiger partial charge on any atom is 0.215 e. The molecule has 3 rings (SSSR count). The van der Waals surface area contributed by atoms with Crippen molar-refractivity contribution in [1.29, 1.82) is 0 Å². The van der Waals surface area contributed by atoms with Gasteiger partial charge >= 0.3 is 0 Å². The van der Waals surface area contributed by atoms with Gasteiger partial charge in [-0.05, 0) is 37.3 Å². The number of halogens is 1. The van der Waals surface area contributed by atoms with Crippen LogP contribution in [-0.4, -0.2) is 32.9 Å². The van der Waals surface area contributed by atoms with E-state index in [1.54, 1.807) is 0 Å². The predicted octanol–water partition coefficient (Wildman–Crippen LogP) is 2.37. The van der Waals surface area contributed by atoms with Crippen molar-refractivity contribution in [2.24, 2.45) is 5.92 Å². The molecule has 4 nitrogen and oxygen atoms in total. The number of nitrogens with one attached hydrogen (secondary N) is 1. The number of ether oxygens (including phenoxy) is 1. The van der Waals surface area contributed by atoms with Gasteiger partial charge in [0.05, 0.1) is 11.9 Å². The van der Waals surface area contributed by atoms with Crippen LogP contribution in [0.1, 0.15) is 24.8 Å². The van der Waals surface area contributed by atoms with E-state index in [0.29, 0.717) is 31.1 Å². The molecule has 1 aliphatic carbocycles. The monoisotopic (exact) mass is 329 g/mol. The summed E-state index contributed by atoms with van der Waals surface area (Å²) < 4.78 is 33.4. The van der Waals surface area contributed by atoms with E-state index in [2.05, 4.69) is 4.72 Å². The van der Waals surface area contributed by atoms with Crippen molar-refractivity contribution in [3.05, 3.63) is 34.9 Å². The Morgan fingerprint density at radius 2 is 2.00 bits per heavy atom. The van der Waals surface area contributed by atoms with Crippen LogP contribution in [0.3, 0.4) is 0 Å². The first-order chi connectivity index (χ1) is 10.1. The molecule has 1 aromatic carbocycles. The molecule has 21 heavy (non-hydrogen) atoms. The summed E-state index contributed by atoms with van der Waals surface area (Å²) in [5.74, 6) is -0.0464. The molecule has 0 radical (unpaired) electrons. The molecule has 0 amide bonds. The van der Waals surface area contributed by atoms with Crippen LogP contribution in [0.15, 0.2) is 24.3 Å². The minimum absolute atomic E-state index is 0.0464. The third-order valence-corrected chi connectivity index (χ3v) is 6.60. The van der Waals surface area contributed by atoms with Gasteiger partial charge < -0.3 is 4.74 Å². The van der Waals surface area contributed by atoms with Crippen LogP contribution in [0.5, 0.6) is 0 Å². The lowest BCUT2D eigenvalue weighted by molar-refractivity contribution is 0.0570. The fourth-order valence-electron chi connectivity index (χ4n) is 2.84. The van der Waals surface area contributed by atoms with Crippen LogP contribution in [0.4, 0.5) is 0 Å². The fraction of sp³-hybridized carbons (Fsp3) is 0.600. The molecule has 6 heteroatoms. The molecular formula is C15H20ClNO3S. The predicted molar refractivity (Wildman–Crippen MR) is 82.9 cm³/mol. The SMILES string of the molecule is O=S(=O)(NC1CC1)C1CCOCC1Cc1ccccc1Cl. The van der Waals surface area contributed by atoms with E-state index in [0.717, 1.165) is 18.4 Å². The Hall–Kier alpha value is -0.620. The van der Waals surface area contributed by atoms with Gasteiger partial charge in [-0.25, -0.2) is 13.1 Å². The van der Waals surface area contributed by atoms with E-state index in [4.69, 9.17) is 16.3 Å². The Labute approximate surface area is 130 Å². The van der Waals surface area contributed by atoms with E-state index in [1.807, 2.05) is 24.3 Å². The Morgan fingerprint density at radius 1 is 1.24 bits per heavy atom. The molecule has 1 saturated heterocycles. The number of benzene rings is 1. The van der Waals surface area contributed by atoms with Gasteiger partial charge in [0.15, 0.2) is 0 Å². The van der Waals surface area contributed by atoms with Gasteiger partial charge in [0.1, 0.15) is 0 Å². The van der Waals surface area contributed by atoms with Crippen LogP contribution in [0, 0.1) is 5.92 Å². The summed E-state index contributed by atoms with van der Waals surface area (Å²) in [7, 11) is -3.28. The Balaban J connectivity index is 1.76. The smallest absolute Gasteiger partial charge is 0.215 e. The van der Waals surface area contributed by atoms with Crippen LogP contribution in [-0.2, 0) is 21.2 Å². The Morgan fingerprint density at radius 3 is 2.71 bits per heavy atom. The molecule has 2 fully saturated rings. The molecule has 2 atom stereocenters. The van der Waals surface area contributed by atoms with Crippen LogP contribution < -0.4 is 4.72 Å². The number of sulfonamides is 1. The summed E-state index contributed by atoms with van der Waals surface area (Å²) >= 11 is 6.19. The second-order valence-electron chi connectivity index (χ2n) is 5.89. The lowest BCUT2D eigenvalue weighted by Crippen LogP contribution is -2.45. The van der Waals surface area contributed by atoms with Gasteiger partial charge in [-0.1, -0.05) is 29.8 Å².